The quantitative estimate of drug-likeness (QED) is 0.817. The van der Waals surface area contributed by atoms with E-state index in [-0.39, 0.29) is 11.8 Å². The van der Waals surface area contributed by atoms with Crippen molar-refractivity contribution in [3.63, 3.8) is 0 Å². The van der Waals surface area contributed by atoms with Crippen molar-refractivity contribution >= 4 is 17.5 Å². The molecule has 0 bridgehead atoms. The van der Waals surface area contributed by atoms with E-state index in [9.17, 15) is 9.59 Å². The Kier molecular flexibility index (Phi) is 3.37. The van der Waals surface area contributed by atoms with Crippen molar-refractivity contribution in [3.05, 3.63) is 29.8 Å². The van der Waals surface area contributed by atoms with E-state index in [2.05, 4.69) is 10.5 Å². The van der Waals surface area contributed by atoms with Gasteiger partial charge in [0.2, 0.25) is 5.91 Å². The first-order valence-corrected chi connectivity index (χ1v) is 6.59. The van der Waals surface area contributed by atoms with Crippen molar-refractivity contribution in [1.29, 1.82) is 0 Å². The van der Waals surface area contributed by atoms with Crippen LogP contribution in [0.1, 0.15) is 18.4 Å². The lowest BCUT2D eigenvalue weighted by atomic mass is 10.1. The minimum absolute atomic E-state index is 0.134. The zero-order chi connectivity index (χ0) is 13.9. The molecule has 0 fully saturated rings. The summed E-state index contributed by atoms with van der Waals surface area (Å²) >= 11 is 0. The number of hydrogen-bond donors (Lipinski definition) is 1. The second-order valence-electron chi connectivity index (χ2n) is 4.78. The van der Waals surface area contributed by atoms with Gasteiger partial charge in [0.05, 0.1) is 6.54 Å². The van der Waals surface area contributed by atoms with Gasteiger partial charge in [0.15, 0.2) is 0 Å². The highest BCUT2D eigenvalue weighted by atomic mass is 16.5. The fraction of sp³-hybridized carbons (Fsp3) is 0.357. The molecule has 3 rings (SSSR count). The fourth-order valence-electron chi connectivity index (χ4n) is 2.31. The van der Waals surface area contributed by atoms with Gasteiger partial charge in [0, 0.05) is 24.9 Å². The molecule has 1 aromatic rings. The Morgan fingerprint density at radius 1 is 1.30 bits per heavy atom. The topological polar surface area (TPSA) is 71.0 Å². The molecule has 104 valence electrons. The highest BCUT2D eigenvalue weighted by Crippen LogP contribution is 2.22. The van der Waals surface area contributed by atoms with Gasteiger partial charge in [-0.2, -0.15) is 5.10 Å². The molecule has 0 atom stereocenters. The predicted molar refractivity (Wildman–Crippen MR) is 72.2 cm³/mol. The van der Waals surface area contributed by atoms with Crippen LogP contribution in [-0.4, -0.2) is 35.6 Å². The molecule has 0 aliphatic carbocycles. The smallest absolute Gasteiger partial charge is 0.270 e. The zero-order valence-corrected chi connectivity index (χ0v) is 11.0. The van der Waals surface area contributed by atoms with Gasteiger partial charge in [-0.15, -0.1) is 0 Å². The largest absolute Gasteiger partial charge is 0.491 e. The molecule has 0 spiro atoms. The van der Waals surface area contributed by atoms with Crippen LogP contribution in [0, 0.1) is 0 Å². The Hall–Kier alpha value is -2.37. The van der Waals surface area contributed by atoms with E-state index in [1.165, 1.54) is 0 Å². The lowest BCUT2D eigenvalue weighted by Gasteiger charge is -2.21. The lowest BCUT2D eigenvalue weighted by molar-refractivity contribution is -0.125. The minimum atomic E-state index is -0.147. The molecule has 6 nitrogen and oxygen atoms in total. The minimum Gasteiger partial charge on any atom is -0.491 e. The van der Waals surface area contributed by atoms with Gasteiger partial charge in [0.1, 0.15) is 18.1 Å². The van der Waals surface area contributed by atoms with Crippen molar-refractivity contribution < 1.29 is 14.3 Å². The third kappa shape index (κ3) is 2.49. The number of para-hydroxylation sites is 1. The number of hydrazone groups is 1. The van der Waals surface area contributed by atoms with E-state index in [0.717, 1.165) is 11.3 Å². The molecule has 1 N–H and O–H groups in total. The number of benzene rings is 1. The number of rotatable bonds is 1. The Bertz CT molecular complexity index is 583. The number of carbonyl (C=O) groups excluding carboxylic acids is 2. The van der Waals surface area contributed by atoms with Crippen LogP contribution in [0.3, 0.4) is 0 Å². The molecule has 0 unspecified atom stereocenters. The normalized spacial score (nSPS) is 18.3. The predicted octanol–water partition coefficient (Wildman–Crippen LogP) is 0.674. The van der Waals surface area contributed by atoms with Crippen LogP contribution >= 0.6 is 0 Å². The number of amides is 2. The second-order valence-corrected chi connectivity index (χ2v) is 4.78. The molecule has 0 radical (unpaired) electrons. The molecule has 0 saturated carbocycles. The third-order valence-electron chi connectivity index (χ3n) is 3.39. The summed E-state index contributed by atoms with van der Waals surface area (Å²) in [6, 6.07) is 7.69. The van der Waals surface area contributed by atoms with E-state index < -0.39 is 0 Å². The highest BCUT2D eigenvalue weighted by molar-refractivity contribution is 6.39. The van der Waals surface area contributed by atoms with Crippen molar-refractivity contribution in [2.45, 2.75) is 19.4 Å². The van der Waals surface area contributed by atoms with Crippen LogP contribution in [0.15, 0.2) is 29.4 Å². The van der Waals surface area contributed by atoms with Crippen LogP contribution in [0.5, 0.6) is 5.75 Å². The van der Waals surface area contributed by atoms with Crippen LogP contribution in [0.4, 0.5) is 0 Å². The van der Waals surface area contributed by atoms with E-state index in [4.69, 9.17) is 4.74 Å². The van der Waals surface area contributed by atoms with Crippen LogP contribution in [0.2, 0.25) is 0 Å². The molecule has 20 heavy (non-hydrogen) atoms. The van der Waals surface area contributed by atoms with Gasteiger partial charge in [-0.25, -0.2) is 5.43 Å². The maximum atomic E-state index is 12.4. The maximum Gasteiger partial charge on any atom is 0.270 e. The third-order valence-corrected chi connectivity index (χ3v) is 3.39. The molecule has 0 saturated heterocycles. The average Bonchev–Trinajstić information content (AvgIpc) is 2.69. The highest BCUT2D eigenvalue weighted by Gasteiger charge is 2.25. The summed E-state index contributed by atoms with van der Waals surface area (Å²) in [5.41, 5.74) is 3.75. The summed E-state index contributed by atoms with van der Waals surface area (Å²) < 4.78 is 5.63. The Balaban J connectivity index is 1.77. The lowest BCUT2D eigenvalue weighted by Crippen LogP contribution is -2.40. The molecular formula is C14H15N3O3. The summed E-state index contributed by atoms with van der Waals surface area (Å²) in [6.45, 7) is 1.48. The average molecular weight is 273 g/mol. The number of hydrogen-bond acceptors (Lipinski definition) is 4. The molecule has 2 aliphatic heterocycles. The van der Waals surface area contributed by atoms with Crippen molar-refractivity contribution in [3.8, 4) is 5.75 Å². The van der Waals surface area contributed by atoms with Crippen LogP contribution < -0.4 is 10.2 Å². The van der Waals surface area contributed by atoms with Gasteiger partial charge in [-0.3, -0.25) is 9.59 Å². The summed E-state index contributed by atoms with van der Waals surface area (Å²) in [5.74, 6) is 0.540. The SMILES string of the molecule is O=C1CCC(C(=O)N2CCOc3ccccc3C2)=NN1. The first kappa shape index (κ1) is 12.7. The molecule has 2 aliphatic rings. The first-order chi connectivity index (χ1) is 9.74. The number of nitrogens with zero attached hydrogens (tertiary/aromatic N) is 2. The van der Waals surface area contributed by atoms with E-state index in [1.807, 2.05) is 24.3 Å². The number of carbonyl (C=O) groups is 2. The van der Waals surface area contributed by atoms with Crippen LogP contribution in [0.25, 0.3) is 0 Å². The zero-order valence-electron chi connectivity index (χ0n) is 11.0. The summed E-state index contributed by atoms with van der Waals surface area (Å²) in [7, 11) is 0. The molecule has 1 aromatic carbocycles. The summed E-state index contributed by atoms with van der Waals surface area (Å²) in [5, 5.41) is 3.86. The van der Waals surface area contributed by atoms with Gasteiger partial charge in [-0.05, 0) is 6.07 Å². The molecule has 6 heteroatoms. The summed E-state index contributed by atoms with van der Waals surface area (Å²) in [6.07, 6.45) is 0.704. The monoisotopic (exact) mass is 273 g/mol. The maximum absolute atomic E-state index is 12.4. The number of ether oxygens (including phenoxy) is 1. The van der Waals surface area contributed by atoms with Crippen molar-refractivity contribution in [2.24, 2.45) is 5.10 Å². The molecule has 2 heterocycles. The van der Waals surface area contributed by atoms with Crippen molar-refractivity contribution in [1.82, 2.24) is 10.3 Å². The number of nitrogens with one attached hydrogen (secondary N) is 1. The van der Waals surface area contributed by atoms with Crippen LogP contribution in [-0.2, 0) is 16.1 Å². The molecule has 2 amide bonds. The Morgan fingerprint density at radius 3 is 2.95 bits per heavy atom. The molecule has 0 aromatic heterocycles. The van der Waals surface area contributed by atoms with Gasteiger partial charge >= 0.3 is 0 Å². The first-order valence-electron chi connectivity index (χ1n) is 6.59. The standard InChI is InChI=1S/C14H15N3O3/c18-13-6-5-11(15-16-13)14(19)17-7-8-20-12-4-2-1-3-10(12)9-17/h1-4H,5-9H2,(H,16,18). The summed E-state index contributed by atoms with van der Waals surface area (Å²) in [4.78, 5) is 25.2. The Morgan fingerprint density at radius 2 is 2.15 bits per heavy atom. The van der Waals surface area contributed by atoms with E-state index in [0.29, 0.717) is 38.2 Å². The van der Waals surface area contributed by atoms with E-state index >= 15 is 0 Å². The van der Waals surface area contributed by atoms with Gasteiger partial charge in [-0.1, -0.05) is 18.2 Å². The fourth-order valence-corrected chi connectivity index (χ4v) is 2.31. The number of fused-ring (bicyclic) bond motifs is 1. The Labute approximate surface area is 116 Å². The van der Waals surface area contributed by atoms with Gasteiger partial charge in [0.25, 0.3) is 5.91 Å². The van der Waals surface area contributed by atoms with Crippen molar-refractivity contribution in [2.75, 3.05) is 13.2 Å². The second kappa shape index (κ2) is 5.32. The van der Waals surface area contributed by atoms with E-state index in [1.54, 1.807) is 4.90 Å². The van der Waals surface area contributed by atoms with Gasteiger partial charge < -0.3 is 9.64 Å². The molecular weight excluding hydrogens is 258 g/mol.